The molecule has 0 spiro atoms. The van der Waals surface area contributed by atoms with E-state index in [0.29, 0.717) is 4.88 Å². The summed E-state index contributed by atoms with van der Waals surface area (Å²) in [5, 5.41) is 16.3. The second kappa shape index (κ2) is 5.22. The zero-order valence-electron chi connectivity index (χ0n) is 10.4. The van der Waals surface area contributed by atoms with Crippen LogP contribution in [0.3, 0.4) is 0 Å². The van der Waals surface area contributed by atoms with Crippen LogP contribution in [-0.2, 0) is 7.05 Å². The van der Waals surface area contributed by atoms with Crippen LogP contribution in [0.1, 0.15) is 15.4 Å². The Morgan fingerprint density at radius 2 is 2.32 bits per heavy atom. The zero-order valence-corrected chi connectivity index (χ0v) is 11.2. The monoisotopic (exact) mass is 289 g/mol. The summed E-state index contributed by atoms with van der Waals surface area (Å²) in [5.41, 5.74) is 0.806. The Morgan fingerprint density at radius 1 is 1.63 bits per heavy atom. The van der Waals surface area contributed by atoms with E-state index >= 15 is 0 Å². The number of halogens is 2. The van der Waals surface area contributed by atoms with Gasteiger partial charge in [0.1, 0.15) is 10.9 Å². The van der Waals surface area contributed by atoms with Crippen LogP contribution in [0.2, 0.25) is 0 Å². The van der Waals surface area contributed by atoms with E-state index in [1.54, 1.807) is 17.8 Å². The Hall–Kier alpha value is -1.54. The van der Waals surface area contributed by atoms with Gasteiger partial charge in [-0.15, -0.1) is 11.3 Å². The summed E-state index contributed by atoms with van der Waals surface area (Å²) in [6.07, 6.45) is -4.71. The predicted octanol–water partition coefficient (Wildman–Crippen LogP) is 1.30. The minimum absolute atomic E-state index is 0.410. The van der Waals surface area contributed by atoms with E-state index in [1.165, 1.54) is 11.3 Å². The molecule has 0 aliphatic heterocycles. The summed E-state index contributed by atoms with van der Waals surface area (Å²) in [4.78, 5) is 13.0. The van der Waals surface area contributed by atoms with Gasteiger partial charge in [-0.1, -0.05) is 0 Å². The van der Waals surface area contributed by atoms with Crippen molar-refractivity contribution in [2.45, 2.75) is 19.5 Å². The number of amides is 1. The second-order valence-corrected chi connectivity index (χ2v) is 5.18. The van der Waals surface area contributed by atoms with Gasteiger partial charge < -0.3 is 10.4 Å². The number of hydrogen-bond acceptors (Lipinski definition) is 4. The van der Waals surface area contributed by atoms with Gasteiger partial charge in [-0.2, -0.15) is 5.10 Å². The molecule has 0 radical (unpaired) electrons. The molecule has 19 heavy (non-hydrogen) atoms. The molecule has 0 aliphatic carbocycles. The summed E-state index contributed by atoms with van der Waals surface area (Å²) < 4.78 is 25.9. The maximum absolute atomic E-state index is 12.1. The van der Waals surface area contributed by atoms with Gasteiger partial charge in [0.05, 0.1) is 10.6 Å². The molecule has 0 fully saturated rings. The van der Waals surface area contributed by atoms with Gasteiger partial charge in [-0.05, 0) is 13.0 Å². The molecule has 2 rings (SSSR count). The molecule has 2 aromatic heterocycles. The molecule has 0 aliphatic rings. The van der Waals surface area contributed by atoms with Crippen LogP contribution in [0.4, 0.5) is 8.78 Å². The largest absolute Gasteiger partial charge is 0.385 e. The van der Waals surface area contributed by atoms with Crippen molar-refractivity contribution in [2.75, 3.05) is 6.54 Å². The van der Waals surface area contributed by atoms with Gasteiger partial charge >= 0.3 is 0 Å². The molecule has 2 N–H and O–H groups in total. The second-order valence-electron chi connectivity index (χ2n) is 4.15. The van der Waals surface area contributed by atoms with Gasteiger partial charge in [0.15, 0.2) is 0 Å². The van der Waals surface area contributed by atoms with Crippen LogP contribution >= 0.6 is 11.3 Å². The van der Waals surface area contributed by atoms with Crippen molar-refractivity contribution in [3.8, 4) is 0 Å². The van der Waals surface area contributed by atoms with Crippen molar-refractivity contribution in [2.24, 2.45) is 7.05 Å². The number of carbonyl (C=O) groups is 1. The van der Waals surface area contributed by atoms with Crippen LogP contribution in [0, 0.1) is 6.92 Å². The number of aliphatic hydroxyl groups is 1. The topological polar surface area (TPSA) is 67.2 Å². The Bertz CT molecular complexity index is 574. The van der Waals surface area contributed by atoms with Crippen molar-refractivity contribution in [1.82, 2.24) is 15.1 Å². The maximum Gasteiger partial charge on any atom is 0.265 e. The first-order chi connectivity index (χ1) is 8.90. The standard InChI is InChI=1S/C11H13F2N3O2S/c1-5-6-3-8(19-11(6)16(2)15-5)10(18)14-4-7(17)9(12)13/h3,7,9,17H,4H2,1-2H3,(H,14,18). The van der Waals surface area contributed by atoms with Crippen molar-refractivity contribution in [3.05, 3.63) is 16.6 Å². The van der Waals surface area contributed by atoms with E-state index < -0.39 is 25.0 Å². The van der Waals surface area contributed by atoms with Crippen molar-refractivity contribution in [1.29, 1.82) is 0 Å². The lowest BCUT2D eigenvalue weighted by molar-refractivity contribution is -0.00268. The van der Waals surface area contributed by atoms with E-state index in [9.17, 15) is 13.6 Å². The van der Waals surface area contributed by atoms with Gasteiger partial charge in [-0.3, -0.25) is 9.48 Å². The normalized spacial score (nSPS) is 13.2. The minimum atomic E-state index is -2.87. The number of fused-ring (bicyclic) bond motifs is 1. The fourth-order valence-electron chi connectivity index (χ4n) is 1.69. The Labute approximate surface area is 111 Å². The summed E-state index contributed by atoms with van der Waals surface area (Å²) in [6.45, 7) is 1.36. The van der Waals surface area contributed by atoms with E-state index in [-0.39, 0.29) is 0 Å². The van der Waals surface area contributed by atoms with E-state index in [2.05, 4.69) is 10.4 Å². The van der Waals surface area contributed by atoms with Crippen LogP contribution in [0.5, 0.6) is 0 Å². The SMILES string of the molecule is Cc1nn(C)c2sc(C(=O)NCC(O)C(F)F)cc12. The lowest BCUT2D eigenvalue weighted by atomic mass is 10.3. The summed E-state index contributed by atoms with van der Waals surface area (Å²) in [7, 11) is 1.77. The van der Waals surface area contributed by atoms with Crippen LogP contribution < -0.4 is 5.32 Å². The number of nitrogens with zero attached hydrogens (tertiary/aromatic N) is 2. The van der Waals surface area contributed by atoms with Crippen molar-refractivity contribution >= 4 is 27.5 Å². The molecule has 1 atom stereocenters. The average Bonchev–Trinajstić information content (AvgIpc) is 2.89. The molecule has 5 nitrogen and oxygen atoms in total. The number of carbonyl (C=O) groups excluding carboxylic acids is 1. The molecule has 2 aromatic rings. The van der Waals surface area contributed by atoms with Crippen molar-refractivity contribution < 1.29 is 18.7 Å². The highest BCUT2D eigenvalue weighted by Crippen LogP contribution is 2.27. The highest BCUT2D eigenvalue weighted by atomic mass is 32.1. The van der Waals surface area contributed by atoms with Crippen molar-refractivity contribution in [3.63, 3.8) is 0 Å². The number of nitrogens with one attached hydrogen (secondary N) is 1. The molecule has 1 amide bonds. The van der Waals surface area contributed by atoms with Crippen LogP contribution in [0.15, 0.2) is 6.07 Å². The molecule has 0 bridgehead atoms. The first-order valence-electron chi connectivity index (χ1n) is 5.57. The lowest BCUT2D eigenvalue weighted by Gasteiger charge is -2.09. The molecule has 0 aromatic carbocycles. The molecule has 2 heterocycles. The quantitative estimate of drug-likeness (QED) is 0.891. The Kier molecular flexibility index (Phi) is 3.81. The molecule has 1 unspecified atom stereocenters. The van der Waals surface area contributed by atoms with Gasteiger partial charge in [0.2, 0.25) is 0 Å². The number of alkyl halides is 2. The van der Waals surface area contributed by atoms with Gasteiger partial charge in [0, 0.05) is 19.0 Å². The average molecular weight is 289 g/mol. The smallest absolute Gasteiger partial charge is 0.265 e. The minimum Gasteiger partial charge on any atom is -0.385 e. The zero-order chi connectivity index (χ0) is 14.2. The molecule has 0 saturated carbocycles. The highest BCUT2D eigenvalue weighted by Gasteiger charge is 2.19. The lowest BCUT2D eigenvalue weighted by Crippen LogP contribution is -2.35. The van der Waals surface area contributed by atoms with Crippen LogP contribution in [-0.4, -0.2) is 39.9 Å². The molecular weight excluding hydrogens is 276 g/mol. The molecule has 104 valence electrons. The number of thiophene rings is 1. The molecular formula is C11H13F2N3O2S. The first-order valence-corrected chi connectivity index (χ1v) is 6.39. The van der Waals surface area contributed by atoms with Gasteiger partial charge in [-0.25, -0.2) is 8.78 Å². The summed E-state index contributed by atoms with van der Waals surface area (Å²) in [5.74, 6) is -0.472. The Morgan fingerprint density at radius 3 is 2.89 bits per heavy atom. The number of rotatable bonds is 4. The Balaban J connectivity index is 2.11. The summed E-state index contributed by atoms with van der Waals surface area (Å²) >= 11 is 1.23. The predicted molar refractivity (Wildman–Crippen MR) is 67.7 cm³/mol. The van der Waals surface area contributed by atoms with E-state index in [1.807, 2.05) is 6.92 Å². The number of aliphatic hydroxyl groups excluding tert-OH is 1. The number of hydrogen-bond donors (Lipinski definition) is 2. The fraction of sp³-hybridized carbons (Fsp3) is 0.455. The third-order valence-electron chi connectivity index (χ3n) is 2.68. The summed E-state index contributed by atoms with van der Waals surface area (Å²) in [6, 6.07) is 1.67. The molecule has 0 saturated heterocycles. The van der Waals surface area contributed by atoms with Crippen LogP contribution in [0.25, 0.3) is 10.2 Å². The maximum atomic E-state index is 12.1. The third kappa shape index (κ3) is 2.74. The van der Waals surface area contributed by atoms with E-state index in [4.69, 9.17) is 5.11 Å². The highest BCUT2D eigenvalue weighted by molar-refractivity contribution is 7.20. The third-order valence-corrected chi connectivity index (χ3v) is 3.88. The molecule has 8 heteroatoms. The number of aryl methyl sites for hydroxylation is 2. The fourth-order valence-corrected chi connectivity index (χ4v) is 2.73. The first kappa shape index (κ1) is 13.9. The van der Waals surface area contributed by atoms with Gasteiger partial charge in [0.25, 0.3) is 12.3 Å². The van der Waals surface area contributed by atoms with E-state index in [0.717, 1.165) is 15.9 Å². The number of aromatic nitrogens is 2.